The first-order chi connectivity index (χ1) is 2.83. The first kappa shape index (κ1) is 15.6. The summed E-state index contributed by atoms with van der Waals surface area (Å²) in [6.45, 7) is 15.0. The summed E-state index contributed by atoms with van der Waals surface area (Å²) >= 11 is 0. The van der Waals surface area contributed by atoms with Gasteiger partial charge in [0.25, 0.3) is 0 Å². The molecule has 0 heterocycles. The third-order valence-electron chi connectivity index (χ3n) is 0. The van der Waals surface area contributed by atoms with E-state index < -0.39 is 0 Å². The molecule has 0 aromatic rings. The Hall–Kier alpha value is 0.676. The predicted octanol–water partition coefficient (Wildman–Crippen LogP) is -1.48. The Labute approximate surface area is 87.7 Å². The molecule has 0 spiro atoms. The summed E-state index contributed by atoms with van der Waals surface area (Å²) in [4.78, 5) is 0. The van der Waals surface area contributed by atoms with Gasteiger partial charge >= 0.3 is 51.4 Å². The summed E-state index contributed by atoms with van der Waals surface area (Å²) in [5, 5.41) is 0. The molecule has 0 N–H and O–H groups in total. The van der Waals surface area contributed by atoms with E-state index in [1.165, 1.54) is 0 Å². The molecule has 0 amide bonds. The fourth-order valence-electron chi connectivity index (χ4n) is 0. The van der Waals surface area contributed by atoms with Gasteiger partial charge < -0.3 is 11.5 Å². The molecule has 0 aliphatic heterocycles. The molecule has 32 valence electrons. The summed E-state index contributed by atoms with van der Waals surface area (Å²) in [6.07, 6.45) is 0. The van der Waals surface area contributed by atoms with Gasteiger partial charge in [-0.25, -0.2) is 26.3 Å². The molecule has 0 aromatic carbocycles. The zero-order valence-corrected chi connectivity index (χ0v) is 7.69. The molecule has 1 heteroatoms. The molecule has 0 nitrogen and oxygen atoms in total. The van der Waals surface area contributed by atoms with E-state index in [-0.39, 0.29) is 51.4 Å². The van der Waals surface area contributed by atoms with Gasteiger partial charge in [0.15, 0.2) is 0 Å². The fourth-order valence-corrected chi connectivity index (χ4v) is 0. The van der Waals surface area contributed by atoms with Crippen molar-refractivity contribution < 1.29 is 51.4 Å². The molecule has 0 aromatic heterocycles. The predicted molar refractivity (Wildman–Crippen MR) is 26.9 cm³/mol. The van der Waals surface area contributed by atoms with Crippen LogP contribution in [-0.2, 0) is 0 Å². The third kappa shape index (κ3) is 319. The first-order valence-electron chi connectivity index (χ1n) is 1.28. The number of rotatable bonds is 0. The molecule has 0 rings (SSSR count). The Balaban J connectivity index is -0.0000000400. The Morgan fingerprint density at radius 3 is 1.00 bits per heavy atom. The molecule has 0 aliphatic rings. The van der Waals surface area contributed by atoms with Gasteiger partial charge in [-0.2, -0.15) is 0 Å². The van der Waals surface area contributed by atoms with E-state index in [0.29, 0.717) is 0 Å². The van der Waals surface area contributed by atoms with Crippen LogP contribution in [0.2, 0.25) is 0 Å². The van der Waals surface area contributed by atoms with Gasteiger partial charge in [0.05, 0.1) is 0 Å². The summed E-state index contributed by atoms with van der Waals surface area (Å²) in [6, 6.07) is 0. The maximum absolute atomic E-state index is 4.49. The van der Waals surface area contributed by atoms with Crippen molar-refractivity contribution in [1.82, 2.24) is 0 Å². The van der Waals surface area contributed by atoms with E-state index >= 15 is 0 Å². The van der Waals surface area contributed by atoms with Crippen LogP contribution in [0.5, 0.6) is 0 Å². The van der Waals surface area contributed by atoms with Crippen LogP contribution >= 0.6 is 0 Å². The average molecular weight is 117 g/mol. The van der Waals surface area contributed by atoms with E-state index in [1.807, 2.05) is 11.5 Å². The topological polar surface area (TPSA) is 0 Å². The Bertz CT molecular complexity index is 58.2. The van der Waals surface area contributed by atoms with Crippen LogP contribution in [0, 0.1) is 13.2 Å². The van der Waals surface area contributed by atoms with Gasteiger partial charge in [0.2, 0.25) is 0 Å². The van der Waals surface area contributed by atoms with Crippen molar-refractivity contribution in [3.05, 3.63) is 37.8 Å². The Kier molecular flexibility index (Phi) is 67.1. The number of hydrogen-bond donors (Lipinski definition) is 0. The smallest absolute Gasteiger partial charge is 0.342 e. The second-order valence-corrected chi connectivity index (χ2v) is 0.408. The van der Waals surface area contributed by atoms with Gasteiger partial charge in [-0.3, -0.25) is 0 Å². The third-order valence-corrected chi connectivity index (χ3v) is 0. The molecule has 0 radical (unpaired) electrons. The van der Waals surface area contributed by atoms with E-state index in [2.05, 4.69) is 26.3 Å². The molecule has 7 heavy (non-hydrogen) atoms. The Morgan fingerprint density at radius 1 is 1.00 bits per heavy atom. The summed E-state index contributed by atoms with van der Waals surface area (Å²) in [5.41, 5.74) is 4.00. The summed E-state index contributed by atoms with van der Waals surface area (Å²) < 4.78 is 0. The zero-order valence-electron chi connectivity index (χ0n) is 4.57. The van der Waals surface area contributed by atoms with Crippen molar-refractivity contribution in [1.29, 1.82) is 0 Å². The van der Waals surface area contributed by atoms with Gasteiger partial charge in [-0.05, 0) is 0 Å². The molecular formula is C6H6K-. The summed E-state index contributed by atoms with van der Waals surface area (Å²) in [5.74, 6) is 0. The van der Waals surface area contributed by atoms with Gasteiger partial charge in [0, 0.05) is 0 Å². The Morgan fingerprint density at radius 2 is 1.00 bits per heavy atom. The van der Waals surface area contributed by atoms with Crippen LogP contribution in [0.1, 0.15) is 0 Å². The standard InChI is InChI=1S/2C3H3.K/c2*1-3-2;/h2*1H,2H2;/q2*-1;+1. The first-order valence-corrected chi connectivity index (χ1v) is 1.28. The van der Waals surface area contributed by atoms with Crippen molar-refractivity contribution >= 4 is 0 Å². The quantitative estimate of drug-likeness (QED) is 0.206. The molecule has 0 atom stereocenters. The summed E-state index contributed by atoms with van der Waals surface area (Å²) in [7, 11) is 0. The molecule has 0 fully saturated rings. The van der Waals surface area contributed by atoms with Crippen molar-refractivity contribution in [2.75, 3.05) is 0 Å². The molecule has 0 aliphatic carbocycles. The van der Waals surface area contributed by atoms with E-state index in [0.717, 1.165) is 0 Å². The maximum Gasteiger partial charge on any atom is 1.00 e. The van der Waals surface area contributed by atoms with Gasteiger partial charge in [-0.1, -0.05) is 0 Å². The molecule has 0 unspecified atom stereocenters. The van der Waals surface area contributed by atoms with E-state index in [1.54, 1.807) is 0 Å². The van der Waals surface area contributed by atoms with Crippen molar-refractivity contribution in [3.63, 3.8) is 0 Å². The fraction of sp³-hybridized carbons (Fsp3) is 0. The van der Waals surface area contributed by atoms with E-state index in [4.69, 9.17) is 0 Å². The van der Waals surface area contributed by atoms with Gasteiger partial charge in [0.1, 0.15) is 0 Å². The molecule has 0 bridgehead atoms. The monoisotopic (exact) mass is 117 g/mol. The second kappa shape index (κ2) is 30.0. The van der Waals surface area contributed by atoms with Crippen LogP contribution in [0.3, 0.4) is 0 Å². The largest absolute Gasteiger partial charge is 1.00 e. The zero-order chi connectivity index (χ0) is 5.41. The minimum Gasteiger partial charge on any atom is -0.342 e. The van der Waals surface area contributed by atoms with Crippen molar-refractivity contribution in [3.8, 4) is 0 Å². The van der Waals surface area contributed by atoms with Crippen LogP contribution in [0.25, 0.3) is 0 Å². The van der Waals surface area contributed by atoms with Crippen molar-refractivity contribution in [2.45, 2.75) is 0 Å². The molecular weight excluding hydrogens is 111 g/mol. The second-order valence-electron chi connectivity index (χ2n) is 0.408. The van der Waals surface area contributed by atoms with Crippen LogP contribution in [0.15, 0.2) is 24.6 Å². The molecule has 0 saturated carbocycles. The van der Waals surface area contributed by atoms with Crippen molar-refractivity contribution in [2.24, 2.45) is 0 Å². The SMILES string of the molecule is [CH-]=C=C.[CH-]=C=C.[K+]. The maximum atomic E-state index is 4.49. The normalized spacial score (nSPS) is 2.29. The van der Waals surface area contributed by atoms with Gasteiger partial charge in [-0.15, -0.1) is 0 Å². The van der Waals surface area contributed by atoms with Crippen LogP contribution < -0.4 is 51.4 Å². The average Bonchev–Trinajstić information content (AvgIpc) is 1.39. The molecule has 0 saturated heterocycles. The van der Waals surface area contributed by atoms with E-state index in [9.17, 15) is 0 Å². The van der Waals surface area contributed by atoms with Crippen LogP contribution in [-0.4, -0.2) is 0 Å². The minimum absolute atomic E-state index is 0. The minimum atomic E-state index is 0. The van der Waals surface area contributed by atoms with Crippen LogP contribution in [0.4, 0.5) is 0 Å². The number of hydrogen-bond acceptors (Lipinski definition) is 0.